The van der Waals surface area contributed by atoms with Gasteiger partial charge in [-0.2, -0.15) is 0 Å². The standard InChI is InChI=1S/C31H35F2N5O7/c1-20(39)36(17-23-18-37(29(40)44-23)21-2-4-26(24(32)14-21)34-6-10-42-11-7-34)28-16-31(28)19-38(30(41)45-31)22-3-5-27(25(33)15-22)35-8-12-43-13-9-35/h2-5,14-15,23,28H,6-13,16-19H2,1H3/t23-,28-,31?/m0/s1. The molecule has 0 aromatic heterocycles. The van der Waals surface area contributed by atoms with Crippen LogP contribution in [0.15, 0.2) is 36.4 Å². The molecule has 4 heterocycles. The van der Waals surface area contributed by atoms with Gasteiger partial charge in [-0.1, -0.05) is 0 Å². The third-order valence-electron chi connectivity index (χ3n) is 9.17. The van der Waals surface area contributed by atoms with E-state index >= 15 is 8.78 Å². The number of benzene rings is 2. The van der Waals surface area contributed by atoms with Crippen molar-refractivity contribution in [3.8, 4) is 0 Å². The van der Waals surface area contributed by atoms with Crippen LogP contribution in [0.3, 0.4) is 0 Å². The van der Waals surface area contributed by atoms with E-state index in [2.05, 4.69) is 0 Å². The number of cyclic esters (lactones) is 1. The van der Waals surface area contributed by atoms with Gasteiger partial charge in [0, 0.05) is 39.5 Å². The zero-order valence-electron chi connectivity index (χ0n) is 25.0. The first-order valence-electron chi connectivity index (χ1n) is 15.2. The SMILES string of the molecule is CC(=O)N(C[C@H]1CN(c2ccc(N3CCOCC3)c(F)c2)C(=O)O1)[C@H]1CC12CN(c1ccc(N3CCOCC3)c(F)c1)C(=O)O2. The molecule has 1 unspecified atom stereocenters. The summed E-state index contributed by atoms with van der Waals surface area (Å²) >= 11 is 0. The molecule has 1 spiro atoms. The minimum Gasteiger partial charge on any atom is -0.442 e. The molecule has 240 valence electrons. The fourth-order valence-corrected chi connectivity index (χ4v) is 6.70. The van der Waals surface area contributed by atoms with E-state index in [1.165, 1.54) is 28.9 Å². The maximum atomic E-state index is 15.1. The summed E-state index contributed by atoms with van der Waals surface area (Å²) in [6.07, 6.45) is -1.51. The van der Waals surface area contributed by atoms with E-state index in [4.69, 9.17) is 18.9 Å². The summed E-state index contributed by atoms with van der Waals surface area (Å²) in [5.74, 6) is -1.15. The lowest BCUT2D eigenvalue weighted by molar-refractivity contribution is -0.131. The highest BCUT2D eigenvalue weighted by molar-refractivity contribution is 5.92. The number of carbonyl (C=O) groups excluding carboxylic acids is 3. The predicted octanol–water partition coefficient (Wildman–Crippen LogP) is 2.98. The van der Waals surface area contributed by atoms with E-state index in [1.54, 1.807) is 29.2 Å². The molecule has 5 aliphatic rings. The molecule has 12 nitrogen and oxygen atoms in total. The summed E-state index contributed by atoms with van der Waals surface area (Å²) in [4.78, 5) is 46.6. The van der Waals surface area contributed by atoms with Gasteiger partial charge >= 0.3 is 12.2 Å². The zero-order chi connectivity index (χ0) is 31.3. The summed E-state index contributed by atoms with van der Waals surface area (Å²) in [5, 5.41) is 0. The Morgan fingerprint density at radius 2 is 1.42 bits per heavy atom. The number of hydrogen-bond donors (Lipinski definition) is 0. The van der Waals surface area contributed by atoms with Gasteiger partial charge in [0.1, 0.15) is 17.7 Å². The van der Waals surface area contributed by atoms with Crippen LogP contribution in [0.2, 0.25) is 0 Å². The summed E-state index contributed by atoms with van der Waals surface area (Å²) in [6.45, 7) is 6.19. The van der Waals surface area contributed by atoms with Gasteiger partial charge < -0.3 is 33.6 Å². The van der Waals surface area contributed by atoms with Crippen molar-refractivity contribution in [2.45, 2.75) is 31.1 Å². The second-order valence-corrected chi connectivity index (χ2v) is 12.0. The number of rotatable bonds is 7. The monoisotopic (exact) mass is 627 g/mol. The maximum Gasteiger partial charge on any atom is 0.415 e. The Balaban J connectivity index is 0.999. The van der Waals surface area contributed by atoms with E-state index in [9.17, 15) is 14.4 Å². The van der Waals surface area contributed by atoms with Crippen LogP contribution in [0.5, 0.6) is 0 Å². The van der Waals surface area contributed by atoms with Gasteiger partial charge in [0.05, 0.1) is 74.9 Å². The summed E-state index contributed by atoms with van der Waals surface area (Å²) in [6, 6.07) is 8.89. The van der Waals surface area contributed by atoms with Crippen molar-refractivity contribution in [1.82, 2.24) is 4.90 Å². The second-order valence-electron chi connectivity index (χ2n) is 12.0. The van der Waals surface area contributed by atoms with E-state index < -0.39 is 41.6 Å². The first-order chi connectivity index (χ1) is 21.7. The van der Waals surface area contributed by atoms with Crippen LogP contribution in [-0.2, 0) is 23.7 Å². The Bertz CT molecular complexity index is 1500. The third kappa shape index (κ3) is 5.61. The van der Waals surface area contributed by atoms with E-state index in [0.29, 0.717) is 81.8 Å². The molecule has 3 amide bonds. The van der Waals surface area contributed by atoms with Crippen molar-refractivity contribution < 1.29 is 42.1 Å². The van der Waals surface area contributed by atoms with E-state index in [-0.39, 0.29) is 25.5 Å². The molecular formula is C31H35F2N5O7. The molecule has 1 saturated carbocycles. The number of anilines is 4. The topological polar surface area (TPSA) is 104 Å². The van der Waals surface area contributed by atoms with E-state index in [1.807, 2.05) is 9.80 Å². The number of carbonyl (C=O) groups is 3. The Hall–Kier alpha value is -4.17. The molecular weight excluding hydrogens is 592 g/mol. The maximum absolute atomic E-state index is 15.1. The molecule has 0 N–H and O–H groups in total. The van der Waals surface area contributed by atoms with Crippen LogP contribution in [-0.4, -0.2) is 113 Å². The van der Waals surface area contributed by atoms with Crippen molar-refractivity contribution >= 4 is 40.8 Å². The van der Waals surface area contributed by atoms with Crippen LogP contribution in [0.25, 0.3) is 0 Å². The van der Waals surface area contributed by atoms with Crippen LogP contribution in [0.4, 0.5) is 41.1 Å². The quantitative estimate of drug-likeness (QED) is 0.459. The number of amides is 3. The lowest BCUT2D eigenvalue weighted by atomic mass is 10.2. The van der Waals surface area contributed by atoms with Gasteiger partial charge in [-0.25, -0.2) is 18.4 Å². The molecule has 5 fully saturated rings. The van der Waals surface area contributed by atoms with Gasteiger partial charge in [0.15, 0.2) is 5.60 Å². The average Bonchev–Trinajstić information content (AvgIpc) is 3.41. The van der Waals surface area contributed by atoms with Crippen molar-refractivity contribution in [1.29, 1.82) is 0 Å². The number of nitrogens with zero attached hydrogens (tertiary/aromatic N) is 5. The van der Waals surface area contributed by atoms with Crippen LogP contribution < -0.4 is 19.6 Å². The molecule has 0 radical (unpaired) electrons. The van der Waals surface area contributed by atoms with Gasteiger partial charge in [0.25, 0.3) is 0 Å². The second kappa shape index (κ2) is 11.6. The largest absolute Gasteiger partial charge is 0.442 e. The average molecular weight is 628 g/mol. The highest BCUT2D eigenvalue weighted by Gasteiger charge is 2.66. The molecule has 4 saturated heterocycles. The summed E-state index contributed by atoms with van der Waals surface area (Å²) in [7, 11) is 0. The fourth-order valence-electron chi connectivity index (χ4n) is 6.70. The Kier molecular flexibility index (Phi) is 7.64. The Labute approximate surface area is 258 Å². The molecule has 45 heavy (non-hydrogen) atoms. The number of morpholine rings is 2. The molecule has 7 rings (SSSR count). The van der Waals surface area contributed by atoms with Crippen LogP contribution in [0.1, 0.15) is 13.3 Å². The van der Waals surface area contributed by atoms with Gasteiger partial charge in [-0.15, -0.1) is 0 Å². The minimum atomic E-state index is -0.942. The zero-order valence-corrected chi connectivity index (χ0v) is 25.0. The molecule has 2 aromatic rings. The lowest BCUT2D eigenvalue weighted by Gasteiger charge is -2.29. The van der Waals surface area contributed by atoms with E-state index in [0.717, 1.165) is 0 Å². The van der Waals surface area contributed by atoms with Crippen molar-refractivity contribution in [2.24, 2.45) is 0 Å². The van der Waals surface area contributed by atoms with Crippen molar-refractivity contribution in [3.05, 3.63) is 48.0 Å². The number of ether oxygens (including phenoxy) is 4. The van der Waals surface area contributed by atoms with Crippen molar-refractivity contribution in [2.75, 3.05) is 91.8 Å². The molecule has 3 atom stereocenters. The number of hydrogen-bond acceptors (Lipinski definition) is 9. The Morgan fingerprint density at radius 1 is 0.867 bits per heavy atom. The Morgan fingerprint density at radius 3 is 1.96 bits per heavy atom. The third-order valence-corrected chi connectivity index (χ3v) is 9.17. The van der Waals surface area contributed by atoms with Gasteiger partial charge in [-0.05, 0) is 36.4 Å². The first-order valence-corrected chi connectivity index (χ1v) is 15.2. The molecule has 1 aliphatic carbocycles. The smallest absolute Gasteiger partial charge is 0.415 e. The lowest BCUT2D eigenvalue weighted by Crippen LogP contribution is -2.43. The van der Waals surface area contributed by atoms with Crippen molar-refractivity contribution in [3.63, 3.8) is 0 Å². The van der Waals surface area contributed by atoms with Crippen LogP contribution >= 0.6 is 0 Å². The predicted molar refractivity (Wildman–Crippen MR) is 159 cm³/mol. The first kappa shape index (κ1) is 29.5. The summed E-state index contributed by atoms with van der Waals surface area (Å²) < 4.78 is 52.2. The molecule has 4 aliphatic heterocycles. The fraction of sp³-hybridized carbons (Fsp3) is 0.516. The summed E-state index contributed by atoms with van der Waals surface area (Å²) in [5.41, 5.74) is 0.694. The normalized spacial score (nSPS) is 26.4. The van der Waals surface area contributed by atoms with Gasteiger partial charge in [-0.3, -0.25) is 14.6 Å². The minimum absolute atomic E-state index is 0.0821. The highest BCUT2D eigenvalue weighted by atomic mass is 19.1. The molecule has 2 aromatic carbocycles. The molecule has 0 bridgehead atoms. The highest BCUT2D eigenvalue weighted by Crippen LogP contribution is 2.49. The molecule has 14 heteroatoms. The number of halogens is 2. The van der Waals surface area contributed by atoms with Gasteiger partial charge in [0.2, 0.25) is 5.91 Å². The van der Waals surface area contributed by atoms with Crippen LogP contribution in [0, 0.1) is 11.6 Å².